The molecule has 0 amide bonds. The van der Waals surface area contributed by atoms with Gasteiger partial charge in [-0.25, -0.2) is 0 Å². The topological polar surface area (TPSA) is 68.8 Å². The molecule has 1 heterocycles. The van der Waals surface area contributed by atoms with Crippen LogP contribution in [-0.4, -0.2) is 12.1 Å². The van der Waals surface area contributed by atoms with Gasteiger partial charge in [0.15, 0.2) is 5.75 Å². The largest absolute Gasteiger partial charge is 0.470 e. The molecule has 74 valence electrons. The molecule has 1 aromatic rings. The Bertz CT molecular complexity index is 470. The summed E-state index contributed by atoms with van der Waals surface area (Å²) in [5.74, 6) is 0.477. The van der Waals surface area contributed by atoms with Crippen LogP contribution in [0.1, 0.15) is 12.5 Å². The number of rotatable bonds is 0. The Balaban J connectivity index is 2.47. The average molecular weight is 199 g/mol. The van der Waals surface area contributed by atoms with Crippen LogP contribution in [0.15, 0.2) is 18.2 Å². The standard InChI is InChI=1S/C11H9N3O/c1-7-10(6-13)15-11-8(5-12)3-2-4-9(11)14-7/h2-4,7,10,14H,1H3. The Kier molecular flexibility index (Phi) is 2.19. The molecule has 0 saturated heterocycles. The van der Waals surface area contributed by atoms with Gasteiger partial charge in [0, 0.05) is 0 Å². The van der Waals surface area contributed by atoms with Gasteiger partial charge in [-0.3, -0.25) is 0 Å². The fraction of sp³-hybridized carbons (Fsp3) is 0.273. The van der Waals surface area contributed by atoms with E-state index in [9.17, 15) is 0 Å². The van der Waals surface area contributed by atoms with Crippen molar-refractivity contribution in [1.82, 2.24) is 0 Å². The van der Waals surface area contributed by atoms with Gasteiger partial charge in [0.05, 0.1) is 17.3 Å². The van der Waals surface area contributed by atoms with E-state index in [-0.39, 0.29) is 6.04 Å². The van der Waals surface area contributed by atoms with Gasteiger partial charge in [0.2, 0.25) is 6.10 Å². The second-order valence-corrected chi connectivity index (χ2v) is 3.39. The fourth-order valence-corrected chi connectivity index (χ4v) is 1.55. The third kappa shape index (κ3) is 1.47. The van der Waals surface area contributed by atoms with Crippen LogP contribution in [0.25, 0.3) is 0 Å². The molecule has 2 rings (SSSR count). The van der Waals surface area contributed by atoms with Gasteiger partial charge in [-0.2, -0.15) is 10.5 Å². The Morgan fingerprint density at radius 2 is 2.20 bits per heavy atom. The van der Waals surface area contributed by atoms with Crippen molar-refractivity contribution in [3.05, 3.63) is 23.8 Å². The number of ether oxygens (including phenoxy) is 1. The van der Waals surface area contributed by atoms with Crippen LogP contribution in [0.3, 0.4) is 0 Å². The molecule has 0 saturated carbocycles. The molecule has 1 N–H and O–H groups in total. The van der Waals surface area contributed by atoms with E-state index in [1.807, 2.05) is 19.1 Å². The maximum atomic E-state index is 8.88. The first-order valence-electron chi connectivity index (χ1n) is 4.62. The van der Waals surface area contributed by atoms with E-state index in [0.717, 1.165) is 5.69 Å². The van der Waals surface area contributed by atoms with E-state index >= 15 is 0 Å². The van der Waals surface area contributed by atoms with E-state index in [0.29, 0.717) is 11.3 Å². The second kappa shape index (κ2) is 3.51. The van der Waals surface area contributed by atoms with Crippen LogP contribution in [0, 0.1) is 22.7 Å². The highest BCUT2D eigenvalue weighted by Gasteiger charge is 2.27. The summed E-state index contributed by atoms with van der Waals surface area (Å²) < 4.78 is 5.47. The number of benzene rings is 1. The maximum absolute atomic E-state index is 8.88. The van der Waals surface area contributed by atoms with Gasteiger partial charge in [-0.15, -0.1) is 0 Å². The molecule has 2 atom stereocenters. The molecule has 0 aliphatic carbocycles. The molecule has 0 aromatic heterocycles. The third-order valence-electron chi connectivity index (χ3n) is 2.34. The first-order valence-corrected chi connectivity index (χ1v) is 4.62. The van der Waals surface area contributed by atoms with E-state index in [4.69, 9.17) is 15.3 Å². The maximum Gasteiger partial charge on any atom is 0.204 e. The Hall–Kier alpha value is -2.20. The average Bonchev–Trinajstić information content (AvgIpc) is 2.27. The van der Waals surface area contributed by atoms with Crippen molar-refractivity contribution >= 4 is 5.69 Å². The molecule has 4 heteroatoms. The van der Waals surface area contributed by atoms with Crippen LogP contribution in [-0.2, 0) is 0 Å². The number of nitrogens with one attached hydrogen (secondary N) is 1. The van der Waals surface area contributed by atoms with Gasteiger partial charge in [-0.05, 0) is 19.1 Å². The molecular formula is C11H9N3O. The summed E-state index contributed by atoms with van der Waals surface area (Å²) in [7, 11) is 0. The quantitative estimate of drug-likeness (QED) is 0.689. The molecule has 0 spiro atoms. The molecule has 0 radical (unpaired) electrons. The van der Waals surface area contributed by atoms with Gasteiger partial charge in [-0.1, -0.05) is 6.07 Å². The van der Waals surface area contributed by atoms with Crippen molar-refractivity contribution < 1.29 is 4.74 Å². The van der Waals surface area contributed by atoms with E-state index in [2.05, 4.69) is 11.4 Å². The number of fused-ring (bicyclic) bond motifs is 1. The minimum atomic E-state index is -0.549. The van der Waals surface area contributed by atoms with E-state index < -0.39 is 6.10 Å². The number of hydrogen-bond acceptors (Lipinski definition) is 4. The molecule has 0 bridgehead atoms. The second-order valence-electron chi connectivity index (χ2n) is 3.39. The molecule has 15 heavy (non-hydrogen) atoms. The Morgan fingerprint density at radius 3 is 2.87 bits per heavy atom. The molecular weight excluding hydrogens is 190 g/mol. The van der Waals surface area contributed by atoms with Crippen molar-refractivity contribution in [3.8, 4) is 17.9 Å². The lowest BCUT2D eigenvalue weighted by atomic mass is 10.1. The van der Waals surface area contributed by atoms with Gasteiger partial charge in [0.25, 0.3) is 0 Å². The normalized spacial score (nSPS) is 22.6. The van der Waals surface area contributed by atoms with Crippen LogP contribution in [0.4, 0.5) is 5.69 Å². The van der Waals surface area contributed by atoms with Crippen molar-refractivity contribution in [2.75, 3.05) is 5.32 Å². The number of anilines is 1. The third-order valence-corrected chi connectivity index (χ3v) is 2.34. The zero-order valence-corrected chi connectivity index (χ0v) is 8.19. The summed E-state index contributed by atoms with van der Waals surface area (Å²) in [4.78, 5) is 0. The summed E-state index contributed by atoms with van der Waals surface area (Å²) in [5, 5.41) is 20.9. The number of nitrogens with zero attached hydrogens (tertiary/aromatic N) is 2. The zero-order chi connectivity index (χ0) is 10.8. The van der Waals surface area contributed by atoms with E-state index in [1.165, 1.54) is 0 Å². The summed E-state index contributed by atoms with van der Waals surface area (Å²) in [6.07, 6.45) is -0.549. The lowest BCUT2D eigenvalue weighted by Gasteiger charge is -2.29. The predicted octanol–water partition coefficient (Wildman–Crippen LogP) is 1.64. The minimum Gasteiger partial charge on any atom is -0.470 e. The number of para-hydroxylation sites is 1. The van der Waals surface area contributed by atoms with Crippen LogP contribution in [0.5, 0.6) is 5.75 Å². The SMILES string of the molecule is CC1Nc2cccc(C#N)c2OC1C#N. The monoisotopic (exact) mass is 199 g/mol. The first-order chi connectivity index (χ1) is 7.26. The van der Waals surface area contributed by atoms with E-state index in [1.54, 1.807) is 12.1 Å². The van der Waals surface area contributed by atoms with Crippen LogP contribution in [0.2, 0.25) is 0 Å². The summed E-state index contributed by atoms with van der Waals surface area (Å²) >= 11 is 0. The summed E-state index contributed by atoms with van der Waals surface area (Å²) in [6.45, 7) is 1.87. The van der Waals surface area contributed by atoms with Gasteiger partial charge >= 0.3 is 0 Å². The van der Waals surface area contributed by atoms with Gasteiger partial charge < -0.3 is 10.1 Å². The lowest BCUT2D eigenvalue weighted by Crippen LogP contribution is -2.38. The Morgan fingerprint density at radius 1 is 1.40 bits per heavy atom. The molecule has 2 unspecified atom stereocenters. The molecule has 0 fully saturated rings. The number of hydrogen-bond donors (Lipinski definition) is 1. The molecule has 1 aromatic carbocycles. The Labute approximate surface area is 87.7 Å². The van der Waals surface area contributed by atoms with Crippen molar-refractivity contribution in [1.29, 1.82) is 10.5 Å². The fourth-order valence-electron chi connectivity index (χ4n) is 1.55. The van der Waals surface area contributed by atoms with Gasteiger partial charge in [0.1, 0.15) is 12.1 Å². The van der Waals surface area contributed by atoms with Crippen molar-refractivity contribution in [3.63, 3.8) is 0 Å². The molecule has 1 aliphatic rings. The predicted molar refractivity (Wildman–Crippen MR) is 54.3 cm³/mol. The highest BCUT2D eigenvalue weighted by atomic mass is 16.5. The van der Waals surface area contributed by atoms with Crippen molar-refractivity contribution in [2.24, 2.45) is 0 Å². The summed E-state index contributed by atoms with van der Waals surface area (Å²) in [5.41, 5.74) is 1.22. The van der Waals surface area contributed by atoms with Crippen LogP contribution < -0.4 is 10.1 Å². The molecule has 4 nitrogen and oxygen atoms in total. The number of nitriles is 2. The van der Waals surface area contributed by atoms with Crippen LogP contribution >= 0.6 is 0 Å². The highest BCUT2D eigenvalue weighted by Crippen LogP contribution is 2.34. The lowest BCUT2D eigenvalue weighted by molar-refractivity contribution is 0.226. The highest BCUT2D eigenvalue weighted by molar-refractivity contribution is 5.65. The minimum absolute atomic E-state index is 0.0727. The summed E-state index contributed by atoms with van der Waals surface area (Å²) in [6, 6.07) is 9.31. The zero-order valence-electron chi connectivity index (χ0n) is 8.19. The first kappa shape index (κ1) is 9.36. The smallest absolute Gasteiger partial charge is 0.204 e. The molecule has 1 aliphatic heterocycles. The van der Waals surface area contributed by atoms with Crippen molar-refractivity contribution in [2.45, 2.75) is 19.1 Å².